The summed E-state index contributed by atoms with van der Waals surface area (Å²) in [4.78, 5) is 17.3. The lowest BCUT2D eigenvalue weighted by Crippen LogP contribution is -2.02. The van der Waals surface area contributed by atoms with Gasteiger partial charge in [0.1, 0.15) is 23.3 Å². The van der Waals surface area contributed by atoms with Gasteiger partial charge in [0.25, 0.3) is 0 Å². The fourth-order valence-electron chi connectivity index (χ4n) is 3.44. The predicted octanol–water partition coefficient (Wildman–Crippen LogP) is 5.20. The van der Waals surface area contributed by atoms with E-state index in [0.717, 1.165) is 16.7 Å². The summed E-state index contributed by atoms with van der Waals surface area (Å²) in [6.07, 6.45) is 3.17. The average molecular weight is 414 g/mol. The second-order valence-corrected chi connectivity index (χ2v) is 7.33. The Bertz CT molecular complexity index is 1450. The van der Waals surface area contributed by atoms with Gasteiger partial charge >= 0.3 is 0 Å². The van der Waals surface area contributed by atoms with E-state index in [0.29, 0.717) is 33.9 Å². The van der Waals surface area contributed by atoms with Crippen LogP contribution in [0.3, 0.4) is 0 Å². The molecule has 0 spiro atoms. The van der Waals surface area contributed by atoms with Crippen LogP contribution < -0.4 is 10.1 Å². The fraction of sp³-hybridized carbons (Fsp3) is 0.130. The molecule has 1 N–H and O–H groups in total. The molecular weight excluding hydrogens is 395 g/mol. The molecule has 5 aromatic rings. The van der Waals surface area contributed by atoms with Gasteiger partial charge in [-0.05, 0) is 50.2 Å². The van der Waals surface area contributed by atoms with Crippen molar-refractivity contribution >= 4 is 33.6 Å². The molecule has 5 rings (SSSR count). The van der Waals surface area contributed by atoms with Crippen LogP contribution in [0, 0.1) is 19.7 Å². The first-order valence-electron chi connectivity index (χ1n) is 9.73. The predicted molar refractivity (Wildman–Crippen MR) is 117 cm³/mol. The molecule has 0 bridgehead atoms. The standard InChI is InChI=1S/C23H19FN6O/c1-13-4-6-17-22(28-13)23(26-11-25-17)29-16-7-9-20(14(2)21(16)24)31-15-5-8-19-18(10-15)27-12-30(19)3/h4-12H,1-3H3,(H,25,26,29). The zero-order chi connectivity index (χ0) is 21.5. The minimum atomic E-state index is -0.421. The lowest BCUT2D eigenvalue weighted by Gasteiger charge is -2.14. The summed E-state index contributed by atoms with van der Waals surface area (Å²) >= 11 is 0. The Morgan fingerprint density at radius 1 is 0.968 bits per heavy atom. The van der Waals surface area contributed by atoms with Crippen molar-refractivity contribution in [3.05, 3.63) is 72.2 Å². The molecule has 7 nitrogen and oxygen atoms in total. The largest absolute Gasteiger partial charge is 0.457 e. The van der Waals surface area contributed by atoms with Crippen LogP contribution in [0.15, 0.2) is 55.1 Å². The number of halogens is 1. The van der Waals surface area contributed by atoms with Crippen molar-refractivity contribution in [1.82, 2.24) is 24.5 Å². The Labute approximate surface area is 177 Å². The van der Waals surface area contributed by atoms with Crippen molar-refractivity contribution in [1.29, 1.82) is 0 Å². The van der Waals surface area contributed by atoms with Gasteiger partial charge in [-0.25, -0.2) is 24.3 Å². The van der Waals surface area contributed by atoms with Crippen molar-refractivity contribution in [3.63, 3.8) is 0 Å². The number of nitrogens with one attached hydrogen (secondary N) is 1. The highest BCUT2D eigenvalue weighted by Gasteiger charge is 2.14. The summed E-state index contributed by atoms with van der Waals surface area (Å²) in [5, 5.41) is 3.04. The Kier molecular flexibility index (Phi) is 4.47. The van der Waals surface area contributed by atoms with Gasteiger partial charge in [-0.1, -0.05) is 0 Å². The smallest absolute Gasteiger partial charge is 0.160 e. The fourth-order valence-corrected chi connectivity index (χ4v) is 3.44. The van der Waals surface area contributed by atoms with Gasteiger partial charge in [-0.15, -0.1) is 0 Å². The maximum Gasteiger partial charge on any atom is 0.160 e. The third kappa shape index (κ3) is 3.42. The Hall–Kier alpha value is -4.07. The SMILES string of the molecule is Cc1ccc2ncnc(Nc3ccc(Oc4ccc5c(c4)ncn5C)c(C)c3F)c2n1. The molecule has 0 radical (unpaired) electrons. The molecule has 0 aliphatic carbocycles. The number of aromatic nitrogens is 5. The van der Waals surface area contributed by atoms with Crippen molar-refractivity contribution in [3.8, 4) is 11.5 Å². The third-order valence-electron chi connectivity index (χ3n) is 5.14. The maximum atomic E-state index is 15.2. The summed E-state index contributed by atoms with van der Waals surface area (Å²) in [6.45, 7) is 3.56. The van der Waals surface area contributed by atoms with Crippen molar-refractivity contribution in [2.24, 2.45) is 7.05 Å². The molecule has 154 valence electrons. The number of rotatable bonds is 4. The van der Waals surface area contributed by atoms with Gasteiger partial charge in [0.05, 0.1) is 28.6 Å². The summed E-state index contributed by atoms with van der Waals surface area (Å²) in [7, 11) is 1.93. The molecule has 8 heteroatoms. The van der Waals surface area contributed by atoms with Crippen molar-refractivity contribution < 1.29 is 9.13 Å². The van der Waals surface area contributed by atoms with E-state index in [1.807, 2.05) is 48.9 Å². The van der Waals surface area contributed by atoms with E-state index in [2.05, 4.69) is 25.3 Å². The first-order valence-corrected chi connectivity index (χ1v) is 9.73. The van der Waals surface area contributed by atoms with E-state index in [-0.39, 0.29) is 5.69 Å². The second-order valence-electron chi connectivity index (χ2n) is 7.33. The number of nitrogens with zero attached hydrogens (tertiary/aromatic N) is 5. The molecule has 0 fully saturated rings. The third-order valence-corrected chi connectivity index (χ3v) is 5.14. The number of fused-ring (bicyclic) bond motifs is 2. The summed E-state index contributed by atoms with van der Waals surface area (Å²) < 4.78 is 23.0. The lowest BCUT2D eigenvalue weighted by atomic mass is 10.1. The van der Waals surface area contributed by atoms with E-state index in [9.17, 15) is 0 Å². The highest BCUT2D eigenvalue weighted by atomic mass is 19.1. The number of hydrogen-bond acceptors (Lipinski definition) is 6. The van der Waals surface area contributed by atoms with Crippen LogP contribution >= 0.6 is 0 Å². The molecule has 3 aromatic heterocycles. The second kappa shape index (κ2) is 7.32. The number of anilines is 2. The van der Waals surface area contributed by atoms with E-state index in [1.165, 1.54) is 6.33 Å². The molecule has 0 atom stereocenters. The summed E-state index contributed by atoms with van der Waals surface area (Å²) in [6, 6.07) is 12.7. The van der Waals surface area contributed by atoms with Gasteiger partial charge in [-0.3, -0.25) is 0 Å². The highest BCUT2D eigenvalue weighted by molar-refractivity contribution is 5.87. The normalized spacial score (nSPS) is 11.2. The topological polar surface area (TPSA) is 77.8 Å². The van der Waals surface area contributed by atoms with Crippen LogP contribution in [0.25, 0.3) is 22.1 Å². The van der Waals surface area contributed by atoms with Crippen LogP contribution in [0.5, 0.6) is 11.5 Å². The minimum absolute atomic E-state index is 0.285. The summed E-state index contributed by atoms with van der Waals surface area (Å²) in [5.41, 5.74) is 4.58. The first-order chi connectivity index (χ1) is 15.0. The molecule has 2 aromatic carbocycles. The number of imidazole rings is 1. The van der Waals surface area contributed by atoms with Crippen molar-refractivity contribution in [2.45, 2.75) is 13.8 Å². The number of benzene rings is 2. The van der Waals surface area contributed by atoms with Gasteiger partial charge in [0.15, 0.2) is 11.6 Å². The Morgan fingerprint density at radius 3 is 2.71 bits per heavy atom. The zero-order valence-electron chi connectivity index (χ0n) is 17.2. The van der Waals surface area contributed by atoms with Gasteiger partial charge < -0.3 is 14.6 Å². The van der Waals surface area contributed by atoms with Crippen LogP contribution in [-0.4, -0.2) is 24.5 Å². The first kappa shape index (κ1) is 18.9. The molecule has 0 saturated carbocycles. The van der Waals surface area contributed by atoms with Crippen molar-refractivity contribution in [2.75, 3.05) is 5.32 Å². The van der Waals surface area contributed by atoms with Gasteiger partial charge in [-0.2, -0.15) is 0 Å². The minimum Gasteiger partial charge on any atom is -0.457 e. The number of pyridine rings is 1. The van der Waals surface area contributed by atoms with E-state index in [1.54, 1.807) is 25.4 Å². The van der Waals surface area contributed by atoms with E-state index in [4.69, 9.17) is 4.74 Å². The monoisotopic (exact) mass is 414 g/mol. The highest BCUT2D eigenvalue weighted by Crippen LogP contribution is 2.33. The van der Waals surface area contributed by atoms with Crippen LogP contribution in [-0.2, 0) is 7.05 Å². The Balaban J connectivity index is 1.46. The quantitative estimate of drug-likeness (QED) is 0.435. The van der Waals surface area contributed by atoms with E-state index < -0.39 is 5.82 Å². The molecule has 31 heavy (non-hydrogen) atoms. The maximum absolute atomic E-state index is 15.2. The van der Waals surface area contributed by atoms with Crippen LogP contribution in [0.1, 0.15) is 11.3 Å². The molecule has 3 heterocycles. The molecule has 0 aliphatic rings. The molecule has 0 aliphatic heterocycles. The molecule has 0 amide bonds. The van der Waals surface area contributed by atoms with Crippen LogP contribution in [0.2, 0.25) is 0 Å². The van der Waals surface area contributed by atoms with Gasteiger partial charge in [0, 0.05) is 24.4 Å². The molecular formula is C23H19FN6O. The summed E-state index contributed by atoms with van der Waals surface area (Å²) in [5.74, 6) is 1.05. The van der Waals surface area contributed by atoms with Crippen LogP contribution in [0.4, 0.5) is 15.9 Å². The molecule has 0 saturated heterocycles. The number of ether oxygens (including phenoxy) is 1. The van der Waals surface area contributed by atoms with Gasteiger partial charge in [0.2, 0.25) is 0 Å². The number of hydrogen-bond donors (Lipinski definition) is 1. The molecule has 0 unspecified atom stereocenters. The number of aryl methyl sites for hydroxylation is 2. The lowest BCUT2D eigenvalue weighted by molar-refractivity contribution is 0.472. The zero-order valence-corrected chi connectivity index (χ0v) is 17.2. The van der Waals surface area contributed by atoms with E-state index >= 15 is 4.39 Å². The Morgan fingerprint density at radius 2 is 1.84 bits per heavy atom. The average Bonchev–Trinajstić information content (AvgIpc) is 3.14.